The first-order valence-electron chi connectivity index (χ1n) is 6.98. The molecule has 2 aromatic rings. The molecule has 1 aromatic carbocycles. The molecular formula is C15H16N2O5. The van der Waals surface area contributed by atoms with Crippen LogP contribution in [-0.2, 0) is 9.53 Å². The maximum absolute atomic E-state index is 12.0. The molecule has 0 saturated carbocycles. The third-order valence-electron chi connectivity index (χ3n) is 3.55. The number of carbonyl (C=O) groups excluding carboxylic acids is 1. The van der Waals surface area contributed by atoms with Crippen molar-refractivity contribution in [1.82, 2.24) is 9.88 Å². The fourth-order valence-electron chi connectivity index (χ4n) is 2.36. The molecule has 1 aromatic heterocycles. The second-order valence-corrected chi connectivity index (χ2v) is 5.02. The van der Waals surface area contributed by atoms with Gasteiger partial charge in [-0.25, -0.2) is 4.79 Å². The first-order chi connectivity index (χ1) is 10.6. The summed E-state index contributed by atoms with van der Waals surface area (Å²) in [5.41, 5.74) is 0.834. The summed E-state index contributed by atoms with van der Waals surface area (Å²) < 4.78 is 10.7. The second kappa shape index (κ2) is 6.07. The molecule has 1 fully saturated rings. The molecule has 2 heterocycles. The third kappa shape index (κ3) is 3.04. The maximum Gasteiger partial charge on any atom is 0.352 e. The molecule has 1 amide bonds. The van der Waals surface area contributed by atoms with Crippen molar-refractivity contribution in [2.45, 2.75) is 0 Å². The predicted molar refractivity (Wildman–Crippen MR) is 78.2 cm³/mol. The van der Waals surface area contributed by atoms with Gasteiger partial charge in [-0.3, -0.25) is 4.79 Å². The van der Waals surface area contributed by atoms with Crippen molar-refractivity contribution in [1.29, 1.82) is 0 Å². The van der Waals surface area contributed by atoms with Crippen molar-refractivity contribution in [3.63, 3.8) is 0 Å². The van der Waals surface area contributed by atoms with Crippen molar-refractivity contribution in [2.75, 3.05) is 32.9 Å². The number of H-pyrrole nitrogens is 1. The molecule has 1 aliphatic heterocycles. The first-order valence-corrected chi connectivity index (χ1v) is 6.98. The van der Waals surface area contributed by atoms with E-state index in [1.165, 1.54) is 6.07 Å². The van der Waals surface area contributed by atoms with E-state index in [0.717, 1.165) is 5.39 Å². The van der Waals surface area contributed by atoms with E-state index < -0.39 is 5.97 Å². The Bertz CT molecular complexity index is 703. The number of benzene rings is 1. The van der Waals surface area contributed by atoms with Gasteiger partial charge in [-0.15, -0.1) is 0 Å². The zero-order valence-electron chi connectivity index (χ0n) is 11.9. The molecule has 0 unspecified atom stereocenters. The molecule has 0 aliphatic carbocycles. The average Bonchev–Trinajstić information content (AvgIpc) is 2.97. The molecule has 7 heteroatoms. The van der Waals surface area contributed by atoms with Crippen LogP contribution >= 0.6 is 0 Å². The number of aromatic carboxylic acids is 1. The van der Waals surface area contributed by atoms with Crippen LogP contribution in [-0.4, -0.2) is 59.8 Å². The largest absolute Gasteiger partial charge is 0.484 e. The van der Waals surface area contributed by atoms with E-state index in [-0.39, 0.29) is 18.2 Å². The molecule has 2 N–H and O–H groups in total. The molecule has 116 valence electrons. The van der Waals surface area contributed by atoms with Crippen LogP contribution in [0.3, 0.4) is 0 Å². The van der Waals surface area contributed by atoms with Crippen molar-refractivity contribution in [2.24, 2.45) is 0 Å². The van der Waals surface area contributed by atoms with Crippen LogP contribution in [0.25, 0.3) is 10.9 Å². The molecular weight excluding hydrogens is 288 g/mol. The van der Waals surface area contributed by atoms with Gasteiger partial charge in [-0.2, -0.15) is 0 Å². The summed E-state index contributed by atoms with van der Waals surface area (Å²) in [5.74, 6) is -0.560. The fourth-order valence-corrected chi connectivity index (χ4v) is 2.36. The summed E-state index contributed by atoms with van der Waals surface area (Å²) >= 11 is 0. The Morgan fingerprint density at radius 2 is 2.05 bits per heavy atom. The molecule has 0 radical (unpaired) electrons. The Morgan fingerprint density at radius 1 is 1.27 bits per heavy atom. The summed E-state index contributed by atoms with van der Waals surface area (Å²) in [4.78, 5) is 27.4. The molecule has 0 bridgehead atoms. The van der Waals surface area contributed by atoms with Gasteiger partial charge >= 0.3 is 5.97 Å². The lowest BCUT2D eigenvalue weighted by atomic mass is 10.2. The summed E-state index contributed by atoms with van der Waals surface area (Å²) in [6.45, 7) is 2.24. The number of fused-ring (bicyclic) bond motifs is 1. The number of carbonyl (C=O) groups is 2. The zero-order valence-corrected chi connectivity index (χ0v) is 11.9. The molecule has 1 aliphatic rings. The Balaban J connectivity index is 1.66. The monoisotopic (exact) mass is 304 g/mol. The van der Waals surface area contributed by atoms with Crippen molar-refractivity contribution in [3.05, 3.63) is 30.0 Å². The van der Waals surface area contributed by atoms with Gasteiger partial charge in [0.2, 0.25) is 0 Å². The number of amides is 1. The van der Waals surface area contributed by atoms with Gasteiger partial charge < -0.3 is 24.5 Å². The average molecular weight is 304 g/mol. The van der Waals surface area contributed by atoms with Crippen molar-refractivity contribution < 1.29 is 24.2 Å². The number of morpholine rings is 1. The van der Waals surface area contributed by atoms with Gasteiger partial charge in [-0.1, -0.05) is 0 Å². The van der Waals surface area contributed by atoms with Gasteiger partial charge in [0.05, 0.1) is 13.2 Å². The van der Waals surface area contributed by atoms with Crippen molar-refractivity contribution in [3.8, 4) is 5.75 Å². The van der Waals surface area contributed by atoms with Crippen LogP contribution in [0.15, 0.2) is 24.3 Å². The summed E-state index contributed by atoms with van der Waals surface area (Å²) in [7, 11) is 0. The number of rotatable bonds is 4. The van der Waals surface area contributed by atoms with Crippen LogP contribution in [0.4, 0.5) is 0 Å². The minimum Gasteiger partial charge on any atom is -0.484 e. The molecule has 7 nitrogen and oxygen atoms in total. The molecule has 22 heavy (non-hydrogen) atoms. The number of aromatic amines is 1. The van der Waals surface area contributed by atoms with Crippen LogP contribution in [0.5, 0.6) is 5.75 Å². The van der Waals surface area contributed by atoms with E-state index in [2.05, 4.69) is 4.98 Å². The Labute approximate surface area is 126 Å². The molecule has 0 spiro atoms. The Morgan fingerprint density at radius 3 is 2.77 bits per heavy atom. The van der Waals surface area contributed by atoms with Gasteiger partial charge in [-0.05, 0) is 24.3 Å². The van der Waals surface area contributed by atoms with E-state index in [1.54, 1.807) is 23.1 Å². The highest BCUT2D eigenvalue weighted by Crippen LogP contribution is 2.21. The van der Waals surface area contributed by atoms with Crippen LogP contribution in [0.2, 0.25) is 0 Å². The highest BCUT2D eigenvalue weighted by molar-refractivity contribution is 5.94. The third-order valence-corrected chi connectivity index (χ3v) is 3.55. The Kier molecular flexibility index (Phi) is 3.97. The van der Waals surface area contributed by atoms with E-state index in [9.17, 15) is 9.59 Å². The minimum absolute atomic E-state index is 0.0400. The number of carboxylic acid groups (broad SMARTS) is 1. The lowest BCUT2D eigenvalue weighted by Gasteiger charge is -2.26. The SMILES string of the molecule is O=C(O)c1cc2cc(OCC(=O)N3CCOCC3)ccc2[nH]1. The first kappa shape index (κ1) is 14.4. The number of ether oxygens (including phenoxy) is 2. The molecule has 1 saturated heterocycles. The number of nitrogens with one attached hydrogen (secondary N) is 1. The Hall–Kier alpha value is -2.54. The normalized spacial score (nSPS) is 15.0. The van der Waals surface area contributed by atoms with Gasteiger partial charge in [0.1, 0.15) is 11.4 Å². The highest BCUT2D eigenvalue weighted by Gasteiger charge is 2.17. The quantitative estimate of drug-likeness (QED) is 0.882. The van der Waals surface area contributed by atoms with Crippen LogP contribution in [0, 0.1) is 0 Å². The van der Waals surface area contributed by atoms with E-state index >= 15 is 0 Å². The molecule has 0 atom stereocenters. The smallest absolute Gasteiger partial charge is 0.352 e. The van der Waals surface area contributed by atoms with E-state index in [0.29, 0.717) is 37.6 Å². The zero-order chi connectivity index (χ0) is 15.5. The van der Waals surface area contributed by atoms with Gasteiger partial charge in [0.15, 0.2) is 6.61 Å². The lowest BCUT2D eigenvalue weighted by Crippen LogP contribution is -2.42. The molecule has 3 rings (SSSR count). The van der Waals surface area contributed by atoms with E-state index in [1.807, 2.05) is 0 Å². The van der Waals surface area contributed by atoms with Crippen LogP contribution in [0.1, 0.15) is 10.5 Å². The topological polar surface area (TPSA) is 91.9 Å². The van der Waals surface area contributed by atoms with Gasteiger partial charge in [0, 0.05) is 24.0 Å². The summed E-state index contributed by atoms with van der Waals surface area (Å²) in [6, 6.07) is 6.69. The van der Waals surface area contributed by atoms with Gasteiger partial charge in [0.25, 0.3) is 5.91 Å². The summed E-state index contributed by atoms with van der Waals surface area (Å²) in [6.07, 6.45) is 0. The van der Waals surface area contributed by atoms with Crippen molar-refractivity contribution >= 4 is 22.8 Å². The maximum atomic E-state index is 12.0. The number of aromatic nitrogens is 1. The second-order valence-electron chi connectivity index (χ2n) is 5.02. The highest BCUT2D eigenvalue weighted by atomic mass is 16.5. The number of nitrogens with zero attached hydrogens (tertiary/aromatic N) is 1. The standard InChI is InChI=1S/C15H16N2O5/c18-14(17-3-5-21-6-4-17)9-22-11-1-2-12-10(7-11)8-13(16-12)15(19)20/h1-2,7-8,16H,3-6,9H2,(H,19,20). The van der Waals surface area contributed by atoms with Crippen LogP contribution < -0.4 is 4.74 Å². The minimum atomic E-state index is -1.01. The summed E-state index contributed by atoms with van der Waals surface area (Å²) in [5, 5.41) is 9.68. The predicted octanol–water partition coefficient (Wildman–Crippen LogP) is 1.10. The number of hydrogen-bond donors (Lipinski definition) is 2. The lowest BCUT2D eigenvalue weighted by molar-refractivity contribution is -0.137. The number of carboxylic acids is 1. The number of hydrogen-bond acceptors (Lipinski definition) is 4. The van der Waals surface area contributed by atoms with E-state index in [4.69, 9.17) is 14.6 Å². The fraction of sp³-hybridized carbons (Fsp3) is 0.333.